The van der Waals surface area contributed by atoms with Crippen LogP contribution in [0.1, 0.15) is 24.5 Å². The van der Waals surface area contributed by atoms with Crippen LogP contribution < -0.4 is 10.1 Å². The van der Waals surface area contributed by atoms with Gasteiger partial charge in [-0.05, 0) is 42.3 Å². The predicted molar refractivity (Wildman–Crippen MR) is 78.5 cm³/mol. The molecule has 2 aromatic rings. The fourth-order valence-electron chi connectivity index (χ4n) is 1.76. The lowest BCUT2D eigenvalue weighted by atomic mass is 10.2. The molecule has 0 aliphatic heterocycles. The Kier molecular flexibility index (Phi) is 5.10. The van der Waals surface area contributed by atoms with Gasteiger partial charge in [0, 0.05) is 12.7 Å². The lowest BCUT2D eigenvalue weighted by Gasteiger charge is -2.09. The molecule has 2 rings (SSSR count). The number of rotatable bonds is 6. The Morgan fingerprint density at radius 2 is 2.19 bits per heavy atom. The van der Waals surface area contributed by atoms with E-state index in [4.69, 9.17) is 10.00 Å². The van der Waals surface area contributed by atoms with Crippen LogP contribution in [0.15, 0.2) is 36.5 Å². The number of nitriles is 1. The van der Waals surface area contributed by atoms with Gasteiger partial charge in [-0.1, -0.05) is 6.92 Å². The van der Waals surface area contributed by atoms with E-state index in [9.17, 15) is 4.39 Å². The van der Waals surface area contributed by atoms with Gasteiger partial charge in [-0.2, -0.15) is 5.26 Å². The number of nitrogens with zero attached hydrogens (tertiary/aromatic N) is 2. The van der Waals surface area contributed by atoms with Crippen LogP contribution in [0.5, 0.6) is 5.75 Å². The third-order valence-electron chi connectivity index (χ3n) is 2.84. The molecule has 1 aromatic carbocycles. The van der Waals surface area contributed by atoms with Crippen molar-refractivity contribution < 1.29 is 9.13 Å². The number of hydrogen-bond donors (Lipinski definition) is 1. The maximum absolute atomic E-state index is 13.7. The van der Waals surface area contributed by atoms with Crippen molar-refractivity contribution in [2.45, 2.75) is 20.0 Å². The first-order valence-electron chi connectivity index (χ1n) is 6.74. The Hall–Kier alpha value is -2.61. The lowest BCUT2D eigenvalue weighted by Crippen LogP contribution is -2.03. The molecule has 0 radical (unpaired) electrons. The second-order valence-corrected chi connectivity index (χ2v) is 4.52. The molecule has 0 unspecified atom stereocenters. The molecule has 0 bridgehead atoms. The molecule has 1 heterocycles. The second-order valence-electron chi connectivity index (χ2n) is 4.52. The molecule has 0 amide bonds. The summed E-state index contributed by atoms with van der Waals surface area (Å²) in [7, 11) is 0. The van der Waals surface area contributed by atoms with Crippen molar-refractivity contribution in [2.75, 3.05) is 11.9 Å². The van der Waals surface area contributed by atoms with E-state index in [-0.39, 0.29) is 17.9 Å². The molecule has 4 nitrogen and oxygen atoms in total. The molecule has 1 N–H and O–H groups in total. The summed E-state index contributed by atoms with van der Waals surface area (Å²) in [5, 5.41) is 11.9. The molecule has 0 spiro atoms. The van der Waals surface area contributed by atoms with E-state index in [2.05, 4.69) is 17.2 Å². The summed E-state index contributed by atoms with van der Waals surface area (Å²) in [6.45, 7) is 3.17. The highest BCUT2D eigenvalue weighted by Gasteiger charge is 2.05. The zero-order valence-corrected chi connectivity index (χ0v) is 11.8. The molecule has 0 aliphatic carbocycles. The van der Waals surface area contributed by atoms with Crippen LogP contribution in [-0.2, 0) is 6.61 Å². The molecule has 108 valence electrons. The molecule has 0 aliphatic rings. The van der Waals surface area contributed by atoms with Gasteiger partial charge in [0.15, 0.2) is 11.6 Å². The summed E-state index contributed by atoms with van der Waals surface area (Å²) in [5.41, 5.74) is 1.17. The largest absolute Gasteiger partial charge is 0.486 e. The molecule has 21 heavy (non-hydrogen) atoms. The minimum Gasteiger partial charge on any atom is -0.486 e. The molecule has 5 heteroatoms. The van der Waals surface area contributed by atoms with Gasteiger partial charge in [-0.15, -0.1) is 0 Å². The van der Waals surface area contributed by atoms with Gasteiger partial charge in [0.25, 0.3) is 0 Å². The summed E-state index contributed by atoms with van der Waals surface area (Å²) in [5.74, 6) is 0.375. The van der Waals surface area contributed by atoms with Crippen molar-refractivity contribution in [1.82, 2.24) is 4.98 Å². The van der Waals surface area contributed by atoms with Gasteiger partial charge >= 0.3 is 0 Å². The highest BCUT2D eigenvalue weighted by atomic mass is 19.1. The van der Waals surface area contributed by atoms with E-state index in [0.717, 1.165) is 30.4 Å². The van der Waals surface area contributed by atoms with Crippen molar-refractivity contribution in [1.29, 1.82) is 5.26 Å². The Labute approximate surface area is 123 Å². The predicted octanol–water partition coefficient (Wildman–Crippen LogP) is 3.49. The quantitative estimate of drug-likeness (QED) is 0.882. The van der Waals surface area contributed by atoms with E-state index < -0.39 is 5.82 Å². The summed E-state index contributed by atoms with van der Waals surface area (Å²) < 4.78 is 19.1. The molecule has 0 fully saturated rings. The zero-order valence-electron chi connectivity index (χ0n) is 11.8. The van der Waals surface area contributed by atoms with Crippen LogP contribution in [0.2, 0.25) is 0 Å². The standard InChI is InChI=1S/C16H16FN3O/c1-2-6-19-16-9-13(5-7-20-16)11-21-15-4-3-12(10-18)8-14(15)17/h3-5,7-9H,2,6,11H2,1H3,(H,19,20). The number of halogens is 1. The van der Waals surface area contributed by atoms with Gasteiger partial charge in [0.05, 0.1) is 11.6 Å². The van der Waals surface area contributed by atoms with Crippen molar-refractivity contribution in [3.8, 4) is 11.8 Å². The number of ether oxygens (including phenoxy) is 1. The molecule has 0 saturated heterocycles. The SMILES string of the molecule is CCCNc1cc(COc2ccc(C#N)cc2F)ccn1. The van der Waals surface area contributed by atoms with Crippen LogP contribution >= 0.6 is 0 Å². The average Bonchev–Trinajstić information content (AvgIpc) is 2.52. The number of benzene rings is 1. The monoisotopic (exact) mass is 285 g/mol. The Morgan fingerprint density at radius 3 is 2.90 bits per heavy atom. The number of anilines is 1. The molecule has 0 atom stereocenters. The molecular formula is C16H16FN3O. The Balaban J connectivity index is 2.01. The number of pyridine rings is 1. The van der Waals surface area contributed by atoms with Gasteiger partial charge in [0.2, 0.25) is 0 Å². The highest BCUT2D eigenvalue weighted by molar-refractivity contribution is 5.38. The van der Waals surface area contributed by atoms with Crippen molar-refractivity contribution in [2.24, 2.45) is 0 Å². The van der Waals surface area contributed by atoms with E-state index in [1.54, 1.807) is 6.20 Å². The topological polar surface area (TPSA) is 57.9 Å². The maximum Gasteiger partial charge on any atom is 0.166 e. The third kappa shape index (κ3) is 4.18. The van der Waals surface area contributed by atoms with Crippen LogP contribution in [0.4, 0.5) is 10.2 Å². The van der Waals surface area contributed by atoms with Gasteiger partial charge in [0.1, 0.15) is 12.4 Å². The van der Waals surface area contributed by atoms with E-state index in [1.807, 2.05) is 18.2 Å². The molecule has 1 aromatic heterocycles. The number of hydrogen-bond acceptors (Lipinski definition) is 4. The van der Waals surface area contributed by atoms with Crippen molar-refractivity contribution >= 4 is 5.82 Å². The van der Waals surface area contributed by atoms with Crippen molar-refractivity contribution in [3.63, 3.8) is 0 Å². The minimum atomic E-state index is -0.535. The Bertz CT molecular complexity index is 652. The number of nitrogens with one attached hydrogen (secondary N) is 1. The maximum atomic E-state index is 13.7. The fraction of sp³-hybridized carbons (Fsp3) is 0.250. The van der Waals surface area contributed by atoms with Gasteiger partial charge < -0.3 is 10.1 Å². The third-order valence-corrected chi connectivity index (χ3v) is 2.84. The normalized spacial score (nSPS) is 9.95. The van der Waals surface area contributed by atoms with E-state index in [0.29, 0.717) is 0 Å². The first-order valence-corrected chi connectivity index (χ1v) is 6.74. The second kappa shape index (κ2) is 7.25. The fourth-order valence-corrected chi connectivity index (χ4v) is 1.76. The summed E-state index contributed by atoms with van der Waals surface area (Å²) >= 11 is 0. The van der Waals surface area contributed by atoms with Crippen LogP contribution in [0.25, 0.3) is 0 Å². The van der Waals surface area contributed by atoms with Crippen LogP contribution in [0, 0.1) is 17.1 Å². The summed E-state index contributed by atoms with van der Waals surface area (Å²) in [4.78, 5) is 4.20. The van der Waals surface area contributed by atoms with E-state index >= 15 is 0 Å². The first kappa shape index (κ1) is 14.8. The van der Waals surface area contributed by atoms with Crippen LogP contribution in [0.3, 0.4) is 0 Å². The average molecular weight is 285 g/mol. The lowest BCUT2D eigenvalue weighted by molar-refractivity contribution is 0.290. The summed E-state index contributed by atoms with van der Waals surface area (Å²) in [6, 6.07) is 9.73. The van der Waals surface area contributed by atoms with Crippen molar-refractivity contribution in [3.05, 3.63) is 53.5 Å². The highest BCUT2D eigenvalue weighted by Crippen LogP contribution is 2.19. The Morgan fingerprint density at radius 1 is 1.33 bits per heavy atom. The van der Waals surface area contributed by atoms with E-state index in [1.165, 1.54) is 12.1 Å². The zero-order chi connectivity index (χ0) is 15.1. The smallest absolute Gasteiger partial charge is 0.166 e. The number of aromatic nitrogens is 1. The minimum absolute atomic E-state index is 0.133. The van der Waals surface area contributed by atoms with Gasteiger partial charge in [-0.3, -0.25) is 0 Å². The summed E-state index contributed by atoms with van der Waals surface area (Å²) in [6.07, 6.45) is 2.70. The van der Waals surface area contributed by atoms with Crippen LogP contribution in [-0.4, -0.2) is 11.5 Å². The first-order chi connectivity index (χ1) is 10.2. The van der Waals surface area contributed by atoms with Gasteiger partial charge in [-0.25, -0.2) is 9.37 Å². The molecule has 0 saturated carbocycles. The molecular weight excluding hydrogens is 269 g/mol.